The van der Waals surface area contributed by atoms with Crippen LogP contribution in [0.25, 0.3) is 0 Å². The lowest BCUT2D eigenvalue weighted by molar-refractivity contribution is -0.0484. The van der Waals surface area contributed by atoms with Crippen molar-refractivity contribution in [2.45, 2.75) is 91.8 Å². The van der Waals surface area contributed by atoms with E-state index in [1.54, 1.807) is 0 Å². The highest BCUT2D eigenvalue weighted by Gasteiger charge is 2.32. The monoisotopic (exact) mass is 396 g/mol. The zero-order valence-electron chi connectivity index (χ0n) is 19.8. The predicted molar refractivity (Wildman–Crippen MR) is 119 cm³/mol. The number of rotatable bonds is 11. The van der Waals surface area contributed by atoms with Crippen LogP contribution in [0, 0.1) is 11.3 Å². The number of hydrogen-bond acceptors (Lipinski definition) is 4. The van der Waals surface area contributed by atoms with E-state index in [1.807, 2.05) is 0 Å². The first-order chi connectivity index (χ1) is 13.1. The normalized spacial score (nSPS) is 25.1. The zero-order chi connectivity index (χ0) is 20.6. The van der Waals surface area contributed by atoms with Gasteiger partial charge in [0.2, 0.25) is 0 Å². The summed E-state index contributed by atoms with van der Waals surface area (Å²) in [6.07, 6.45) is 8.22. The van der Waals surface area contributed by atoms with Crippen LogP contribution in [0.5, 0.6) is 0 Å². The van der Waals surface area contributed by atoms with E-state index in [0.29, 0.717) is 11.5 Å². The van der Waals surface area contributed by atoms with Crippen molar-refractivity contribution in [1.82, 2.24) is 9.80 Å². The lowest BCUT2D eigenvalue weighted by atomic mass is 9.73. The lowest BCUT2D eigenvalue weighted by Crippen LogP contribution is -2.47. The first kappa shape index (κ1) is 24.1. The van der Waals surface area contributed by atoms with E-state index >= 15 is 0 Å². The molecule has 28 heavy (non-hydrogen) atoms. The van der Waals surface area contributed by atoms with Crippen LogP contribution in [0.1, 0.15) is 80.1 Å². The molecule has 0 amide bonds. The fourth-order valence-corrected chi connectivity index (χ4v) is 4.42. The third-order valence-corrected chi connectivity index (χ3v) is 5.97. The largest absolute Gasteiger partial charge is 0.377 e. The van der Waals surface area contributed by atoms with E-state index in [4.69, 9.17) is 9.47 Å². The second-order valence-electron chi connectivity index (χ2n) is 11.3. The summed E-state index contributed by atoms with van der Waals surface area (Å²) >= 11 is 0. The summed E-state index contributed by atoms with van der Waals surface area (Å²) in [6.45, 7) is 22.5. The van der Waals surface area contributed by atoms with Crippen LogP contribution in [-0.2, 0) is 9.47 Å². The van der Waals surface area contributed by atoms with Gasteiger partial charge in [-0.1, -0.05) is 20.8 Å². The molecule has 0 aromatic heterocycles. The van der Waals surface area contributed by atoms with Gasteiger partial charge in [-0.25, -0.2) is 0 Å². The van der Waals surface area contributed by atoms with E-state index in [2.05, 4.69) is 51.3 Å². The second-order valence-corrected chi connectivity index (χ2v) is 11.3. The van der Waals surface area contributed by atoms with E-state index < -0.39 is 0 Å². The molecular formula is C24H48N2O2. The highest BCUT2D eigenvalue weighted by Crippen LogP contribution is 2.38. The van der Waals surface area contributed by atoms with Crippen LogP contribution in [0.2, 0.25) is 0 Å². The smallest absolute Gasteiger partial charge is 0.0598 e. The fraction of sp³-hybridized carbons (Fsp3) is 1.00. The molecule has 1 saturated carbocycles. The molecule has 4 nitrogen and oxygen atoms in total. The SMILES string of the molecule is CC(C)(C)CC1CC(OCCN2CCN(CCCCCOC(C)(C)C)CC2)C1. The first-order valence-corrected chi connectivity index (χ1v) is 11.8. The third-order valence-electron chi connectivity index (χ3n) is 5.97. The second kappa shape index (κ2) is 11.3. The topological polar surface area (TPSA) is 24.9 Å². The van der Waals surface area contributed by atoms with Crippen molar-refractivity contribution >= 4 is 0 Å². The summed E-state index contributed by atoms with van der Waals surface area (Å²) in [4.78, 5) is 5.21. The number of hydrogen-bond donors (Lipinski definition) is 0. The van der Waals surface area contributed by atoms with Crippen LogP contribution >= 0.6 is 0 Å². The van der Waals surface area contributed by atoms with Crippen molar-refractivity contribution in [3.05, 3.63) is 0 Å². The molecule has 0 radical (unpaired) electrons. The summed E-state index contributed by atoms with van der Waals surface area (Å²) in [5, 5.41) is 0. The third kappa shape index (κ3) is 10.6. The molecule has 0 aromatic rings. The van der Waals surface area contributed by atoms with E-state index in [0.717, 1.165) is 25.7 Å². The minimum atomic E-state index is 0.00676. The van der Waals surface area contributed by atoms with Gasteiger partial charge in [-0.2, -0.15) is 0 Å². The van der Waals surface area contributed by atoms with E-state index in [1.165, 1.54) is 71.2 Å². The van der Waals surface area contributed by atoms with Gasteiger partial charge in [0.15, 0.2) is 0 Å². The fourth-order valence-electron chi connectivity index (χ4n) is 4.42. The molecule has 0 bridgehead atoms. The van der Waals surface area contributed by atoms with Gasteiger partial charge in [0.05, 0.1) is 18.3 Å². The van der Waals surface area contributed by atoms with Crippen molar-refractivity contribution in [1.29, 1.82) is 0 Å². The molecule has 0 N–H and O–H groups in total. The highest BCUT2D eigenvalue weighted by atomic mass is 16.5. The summed E-state index contributed by atoms with van der Waals surface area (Å²) in [5.41, 5.74) is 0.475. The standard InChI is InChI=1S/C24H48N2O2/c1-23(2,3)20-21-18-22(19-21)27-17-15-26-13-11-25(12-14-26)10-8-7-9-16-28-24(4,5)6/h21-22H,7-20H2,1-6H3. The molecule has 0 unspecified atom stereocenters. The summed E-state index contributed by atoms with van der Waals surface area (Å²) < 4.78 is 11.9. The Morgan fingerprint density at radius 2 is 1.36 bits per heavy atom. The summed E-state index contributed by atoms with van der Waals surface area (Å²) in [5.74, 6) is 0.897. The van der Waals surface area contributed by atoms with Gasteiger partial charge >= 0.3 is 0 Å². The van der Waals surface area contributed by atoms with Crippen LogP contribution < -0.4 is 0 Å². The van der Waals surface area contributed by atoms with Crippen LogP contribution in [0.4, 0.5) is 0 Å². The molecular weight excluding hydrogens is 348 g/mol. The Hall–Kier alpha value is -0.160. The maximum atomic E-state index is 6.11. The Kier molecular flexibility index (Phi) is 9.72. The molecule has 0 atom stereocenters. The number of ether oxygens (including phenoxy) is 2. The number of unbranched alkanes of at least 4 members (excludes halogenated alkanes) is 2. The number of nitrogens with zero attached hydrogens (tertiary/aromatic N) is 2. The molecule has 1 saturated heterocycles. The van der Waals surface area contributed by atoms with Gasteiger partial charge in [-0.05, 0) is 77.2 Å². The quantitative estimate of drug-likeness (QED) is 0.467. The van der Waals surface area contributed by atoms with Gasteiger partial charge in [-0.3, -0.25) is 4.90 Å². The van der Waals surface area contributed by atoms with Gasteiger partial charge in [0.1, 0.15) is 0 Å². The first-order valence-electron chi connectivity index (χ1n) is 11.8. The van der Waals surface area contributed by atoms with Gasteiger partial charge < -0.3 is 14.4 Å². The predicted octanol–water partition coefficient (Wildman–Crippen LogP) is 4.82. The minimum absolute atomic E-state index is 0.00676. The van der Waals surface area contributed by atoms with Gasteiger partial charge in [-0.15, -0.1) is 0 Å². The van der Waals surface area contributed by atoms with Crippen LogP contribution in [0.3, 0.4) is 0 Å². The van der Waals surface area contributed by atoms with Crippen molar-refractivity contribution in [2.75, 3.05) is 52.5 Å². The summed E-state index contributed by atoms with van der Waals surface area (Å²) in [6, 6.07) is 0. The van der Waals surface area contributed by atoms with Crippen molar-refractivity contribution < 1.29 is 9.47 Å². The molecule has 4 heteroatoms. The van der Waals surface area contributed by atoms with Gasteiger partial charge in [0.25, 0.3) is 0 Å². The molecule has 2 aliphatic rings. The molecule has 2 rings (SSSR count). The maximum absolute atomic E-state index is 6.11. The lowest BCUT2D eigenvalue weighted by Gasteiger charge is -2.39. The Bertz CT molecular complexity index is 413. The molecule has 0 spiro atoms. The van der Waals surface area contributed by atoms with Crippen molar-refractivity contribution in [3.8, 4) is 0 Å². The molecule has 166 valence electrons. The van der Waals surface area contributed by atoms with Gasteiger partial charge in [0, 0.05) is 39.3 Å². The zero-order valence-corrected chi connectivity index (χ0v) is 19.8. The Morgan fingerprint density at radius 3 is 1.93 bits per heavy atom. The summed E-state index contributed by atoms with van der Waals surface area (Å²) in [7, 11) is 0. The number of piperazine rings is 1. The minimum Gasteiger partial charge on any atom is -0.377 e. The van der Waals surface area contributed by atoms with Crippen molar-refractivity contribution in [3.63, 3.8) is 0 Å². The Morgan fingerprint density at radius 1 is 0.750 bits per heavy atom. The van der Waals surface area contributed by atoms with Crippen LogP contribution in [-0.4, -0.2) is 74.0 Å². The highest BCUT2D eigenvalue weighted by molar-refractivity contribution is 4.83. The molecule has 0 aromatic carbocycles. The molecule has 2 fully saturated rings. The molecule has 1 aliphatic heterocycles. The van der Waals surface area contributed by atoms with Crippen molar-refractivity contribution in [2.24, 2.45) is 11.3 Å². The Labute approximate surface area is 175 Å². The maximum Gasteiger partial charge on any atom is 0.0598 e. The molecule has 1 heterocycles. The Balaban J connectivity index is 1.41. The van der Waals surface area contributed by atoms with Crippen LogP contribution in [0.15, 0.2) is 0 Å². The van der Waals surface area contributed by atoms with E-state index in [9.17, 15) is 0 Å². The molecule has 1 aliphatic carbocycles. The van der Waals surface area contributed by atoms with E-state index in [-0.39, 0.29) is 5.60 Å². The average Bonchev–Trinajstić information content (AvgIpc) is 2.55. The average molecular weight is 397 g/mol.